The van der Waals surface area contributed by atoms with Crippen LogP contribution in [-0.2, 0) is 4.79 Å². The molecule has 4 heteroatoms. The number of hydrogen-bond donors (Lipinski definition) is 1. The maximum absolute atomic E-state index is 12.0. The summed E-state index contributed by atoms with van der Waals surface area (Å²) in [5, 5.41) is 0. The number of nitrogens with zero attached hydrogens (tertiary/aromatic N) is 1. The summed E-state index contributed by atoms with van der Waals surface area (Å²) in [6.07, 6.45) is 4.06. The summed E-state index contributed by atoms with van der Waals surface area (Å²) in [6.45, 7) is 7.08. The molecule has 16 heavy (non-hydrogen) atoms. The molecular formula is C12H25ClN2O. The standard InChI is InChI=1S/C12H24N2O.ClH/c1-9(2)8-12(15)14-7-5-4-6-11(14)10(3)13;/h9-11H,4-8,13H2,1-3H3;1H. The SMILES string of the molecule is CC(C)CC(=O)N1CCCCC1C(C)N.Cl. The Bertz CT molecular complexity index is 219. The van der Waals surface area contributed by atoms with Gasteiger partial charge in [0, 0.05) is 25.0 Å². The van der Waals surface area contributed by atoms with Gasteiger partial charge < -0.3 is 10.6 Å². The second-order valence-electron chi connectivity index (χ2n) is 5.11. The summed E-state index contributed by atoms with van der Waals surface area (Å²) in [7, 11) is 0. The van der Waals surface area contributed by atoms with E-state index in [2.05, 4.69) is 13.8 Å². The minimum absolute atomic E-state index is 0. The van der Waals surface area contributed by atoms with Crippen LogP contribution < -0.4 is 5.73 Å². The van der Waals surface area contributed by atoms with Gasteiger partial charge in [0.2, 0.25) is 5.91 Å². The highest BCUT2D eigenvalue weighted by Crippen LogP contribution is 2.20. The van der Waals surface area contributed by atoms with Gasteiger partial charge in [0.05, 0.1) is 0 Å². The van der Waals surface area contributed by atoms with Gasteiger partial charge in [0.1, 0.15) is 0 Å². The number of carbonyl (C=O) groups excluding carboxylic acids is 1. The molecule has 1 amide bonds. The lowest BCUT2D eigenvalue weighted by molar-refractivity contribution is -0.136. The molecule has 96 valence electrons. The molecule has 0 saturated carbocycles. The van der Waals surface area contributed by atoms with Crippen molar-refractivity contribution >= 4 is 18.3 Å². The molecule has 1 fully saturated rings. The van der Waals surface area contributed by atoms with Crippen LogP contribution >= 0.6 is 12.4 Å². The number of likely N-dealkylation sites (tertiary alicyclic amines) is 1. The lowest BCUT2D eigenvalue weighted by Gasteiger charge is -2.38. The molecule has 1 saturated heterocycles. The number of rotatable bonds is 3. The smallest absolute Gasteiger partial charge is 0.223 e. The third-order valence-electron chi connectivity index (χ3n) is 3.06. The molecule has 0 aromatic heterocycles. The van der Waals surface area contributed by atoms with E-state index in [0.29, 0.717) is 12.3 Å². The predicted molar refractivity (Wildman–Crippen MR) is 69.7 cm³/mol. The maximum atomic E-state index is 12.0. The number of carbonyl (C=O) groups is 1. The fourth-order valence-corrected chi connectivity index (χ4v) is 2.28. The van der Waals surface area contributed by atoms with Crippen LogP contribution in [0.15, 0.2) is 0 Å². The fourth-order valence-electron chi connectivity index (χ4n) is 2.28. The van der Waals surface area contributed by atoms with Gasteiger partial charge in [-0.1, -0.05) is 13.8 Å². The van der Waals surface area contributed by atoms with Crippen molar-refractivity contribution in [1.82, 2.24) is 4.90 Å². The van der Waals surface area contributed by atoms with Gasteiger partial charge >= 0.3 is 0 Å². The number of halogens is 1. The fraction of sp³-hybridized carbons (Fsp3) is 0.917. The van der Waals surface area contributed by atoms with Crippen molar-refractivity contribution in [3.63, 3.8) is 0 Å². The molecule has 0 spiro atoms. The van der Waals surface area contributed by atoms with Crippen LogP contribution in [0.1, 0.15) is 46.5 Å². The Hall–Kier alpha value is -0.280. The van der Waals surface area contributed by atoms with Gasteiger partial charge in [0.25, 0.3) is 0 Å². The highest BCUT2D eigenvalue weighted by atomic mass is 35.5. The summed E-state index contributed by atoms with van der Waals surface area (Å²) in [5.41, 5.74) is 5.93. The van der Waals surface area contributed by atoms with E-state index >= 15 is 0 Å². The first-order chi connectivity index (χ1) is 7.02. The summed E-state index contributed by atoms with van der Waals surface area (Å²) in [6, 6.07) is 0.367. The van der Waals surface area contributed by atoms with Gasteiger partial charge in [-0.15, -0.1) is 12.4 Å². The summed E-state index contributed by atoms with van der Waals surface area (Å²) >= 11 is 0. The summed E-state index contributed by atoms with van der Waals surface area (Å²) in [4.78, 5) is 14.0. The van der Waals surface area contributed by atoms with Crippen LogP contribution in [0.25, 0.3) is 0 Å². The van der Waals surface area contributed by atoms with Gasteiger partial charge in [-0.25, -0.2) is 0 Å². The number of piperidine rings is 1. The van der Waals surface area contributed by atoms with Crippen LogP contribution in [0.5, 0.6) is 0 Å². The Morgan fingerprint density at radius 2 is 2.00 bits per heavy atom. The first-order valence-electron chi connectivity index (χ1n) is 6.07. The third kappa shape index (κ3) is 4.30. The quantitative estimate of drug-likeness (QED) is 0.832. The molecule has 0 aromatic carbocycles. The molecule has 1 aliphatic heterocycles. The van der Waals surface area contributed by atoms with Gasteiger partial charge in [0.15, 0.2) is 0 Å². The van der Waals surface area contributed by atoms with E-state index in [9.17, 15) is 4.79 Å². The zero-order valence-corrected chi connectivity index (χ0v) is 11.4. The Morgan fingerprint density at radius 3 is 2.50 bits per heavy atom. The van der Waals surface area contributed by atoms with Crippen molar-refractivity contribution in [3.8, 4) is 0 Å². The third-order valence-corrected chi connectivity index (χ3v) is 3.06. The molecule has 0 radical (unpaired) electrons. The number of nitrogens with two attached hydrogens (primary N) is 1. The van der Waals surface area contributed by atoms with E-state index < -0.39 is 0 Å². The highest BCUT2D eigenvalue weighted by Gasteiger charge is 2.28. The number of hydrogen-bond acceptors (Lipinski definition) is 2. The van der Waals surface area contributed by atoms with E-state index in [1.165, 1.54) is 6.42 Å². The average Bonchev–Trinajstić information content (AvgIpc) is 2.16. The van der Waals surface area contributed by atoms with Crippen LogP contribution in [-0.4, -0.2) is 29.4 Å². The molecule has 0 aromatic rings. The molecule has 2 unspecified atom stereocenters. The highest BCUT2D eigenvalue weighted by molar-refractivity contribution is 5.85. The minimum Gasteiger partial charge on any atom is -0.338 e. The lowest BCUT2D eigenvalue weighted by Crippen LogP contribution is -2.51. The van der Waals surface area contributed by atoms with E-state index in [0.717, 1.165) is 19.4 Å². The van der Waals surface area contributed by atoms with E-state index in [1.54, 1.807) is 0 Å². The van der Waals surface area contributed by atoms with Crippen LogP contribution in [0, 0.1) is 5.92 Å². The monoisotopic (exact) mass is 248 g/mol. The number of amides is 1. The minimum atomic E-state index is 0. The zero-order chi connectivity index (χ0) is 11.4. The Kier molecular flexibility index (Phi) is 7.00. The van der Waals surface area contributed by atoms with Crippen molar-refractivity contribution in [3.05, 3.63) is 0 Å². The van der Waals surface area contributed by atoms with E-state index in [1.807, 2.05) is 11.8 Å². The van der Waals surface area contributed by atoms with Crippen molar-refractivity contribution in [2.45, 2.75) is 58.5 Å². The summed E-state index contributed by atoms with van der Waals surface area (Å²) in [5.74, 6) is 0.722. The molecule has 3 nitrogen and oxygen atoms in total. The Balaban J connectivity index is 0.00000225. The first-order valence-corrected chi connectivity index (χ1v) is 6.07. The average molecular weight is 249 g/mol. The van der Waals surface area contributed by atoms with Gasteiger partial charge in [-0.3, -0.25) is 4.79 Å². The molecule has 2 atom stereocenters. The molecule has 0 aliphatic carbocycles. The first kappa shape index (κ1) is 15.7. The topological polar surface area (TPSA) is 46.3 Å². The summed E-state index contributed by atoms with van der Waals surface area (Å²) < 4.78 is 0. The van der Waals surface area contributed by atoms with Crippen molar-refractivity contribution in [2.24, 2.45) is 11.7 Å². The Morgan fingerprint density at radius 1 is 1.38 bits per heavy atom. The Labute approximate surface area is 105 Å². The molecule has 0 bridgehead atoms. The van der Waals surface area contributed by atoms with E-state index in [-0.39, 0.29) is 30.4 Å². The van der Waals surface area contributed by atoms with Crippen molar-refractivity contribution in [2.75, 3.05) is 6.54 Å². The largest absolute Gasteiger partial charge is 0.338 e. The van der Waals surface area contributed by atoms with Crippen LogP contribution in [0.3, 0.4) is 0 Å². The van der Waals surface area contributed by atoms with Crippen LogP contribution in [0.4, 0.5) is 0 Å². The molecule has 2 N–H and O–H groups in total. The molecular weight excluding hydrogens is 224 g/mol. The maximum Gasteiger partial charge on any atom is 0.223 e. The van der Waals surface area contributed by atoms with Gasteiger partial charge in [-0.2, -0.15) is 0 Å². The molecule has 1 heterocycles. The predicted octanol–water partition coefficient (Wildman–Crippen LogP) is 2.18. The van der Waals surface area contributed by atoms with Crippen molar-refractivity contribution < 1.29 is 4.79 Å². The second-order valence-corrected chi connectivity index (χ2v) is 5.11. The van der Waals surface area contributed by atoms with Crippen molar-refractivity contribution in [1.29, 1.82) is 0 Å². The lowest BCUT2D eigenvalue weighted by atomic mass is 9.96. The van der Waals surface area contributed by atoms with Gasteiger partial charge in [-0.05, 0) is 32.1 Å². The molecule has 1 rings (SSSR count). The molecule has 1 aliphatic rings. The normalized spacial score (nSPS) is 22.8. The second kappa shape index (κ2) is 7.13. The van der Waals surface area contributed by atoms with Crippen LogP contribution in [0.2, 0.25) is 0 Å². The van der Waals surface area contributed by atoms with E-state index in [4.69, 9.17) is 5.73 Å². The zero-order valence-electron chi connectivity index (χ0n) is 10.6.